The van der Waals surface area contributed by atoms with Crippen molar-refractivity contribution in [1.29, 1.82) is 0 Å². The predicted molar refractivity (Wildman–Crippen MR) is 112 cm³/mol. The van der Waals surface area contributed by atoms with Crippen LogP contribution in [-0.2, 0) is 4.74 Å². The quantitative estimate of drug-likeness (QED) is 0.359. The highest BCUT2D eigenvalue weighted by molar-refractivity contribution is 5.74. The molecule has 1 fully saturated rings. The Morgan fingerprint density at radius 1 is 0.964 bits per heavy atom. The van der Waals surface area contributed by atoms with Crippen LogP contribution in [0.25, 0.3) is 5.57 Å². The van der Waals surface area contributed by atoms with Gasteiger partial charge in [0.05, 0.1) is 0 Å². The van der Waals surface area contributed by atoms with E-state index in [1.165, 1.54) is 56.6 Å². The molecule has 0 unspecified atom stereocenters. The molecule has 0 radical (unpaired) electrons. The minimum atomic E-state index is -4.71. The molecule has 0 N–H and O–H groups in total. The molecule has 1 aromatic rings. The lowest BCUT2D eigenvalue weighted by atomic mass is 9.85. The number of ether oxygens (including phenoxy) is 1. The highest BCUT2D eigenvalue weighted by Crippen LogP contribution is 2.31. The van der Waals surface area contributed by atoms with E-state index in [4.69, 9.17) is 0 Å². The van der Waals surface area contributed by atoms with Gasteiger partial charge in [-0.1, -0.05) is 88.9 Å². The van der Waals surface area contributed by atoms with Gasteiger partial charge in [0.15, 0.2) is 0 Å². The lowest BCUT2D eigenvalue weighted by Crippen LogP contribution is -2.11. The highest BCUT2D eigenvalue weighted by atomic mass is 19.4. The second-order valence-electron chi connectivity index (χ2n) is 6.76. The first-order chi connectivity index (χ1) is 13.4. The maximum Gasteiger partial charge on any atom is 0.573 e. The number of halogens is 3. The van der Waals surface area contributed by atoms with Crippen LogP contribution in [-0.4, -0.2) is 6.36 Å². The first-order valence-corrected chi connectivity index (χ1v) is 10.3. The molecule has 0 spiro atoms. The van der Waals surface area contributed by atoms with Gasteiger partial charge in [0.2, 0.25) is 0 Å². The third-order valence-corrected chi connectivity index (χ3v) is 4.83. The Bertz CT molecular complexity index is 631. The van der Waals surface area contributed by atoms with Gasteiger partial charge in [-0.2, -0.15) is 0 Å². The van der Waals surface area contributed by atoms with Crippen molar-refractivity contribution in [2.75, 3.05) is 0 Å². The fraction of sp³-hybridized carbons (Fsp3) is 0.500. The Labute approximate surface area is 168 Å². The van der Waals surface area contributed by atoms with Crippen molar-refractivity contribution < 1.29 is 17.9 Å². The Morgan fingerprint density at radius 3 is 2.00 bits per heavy atom. The van der Waals surface area contributed by atoms with Crippen molar-refractivity contribution in [2.45, 2.75) is 78.0 Å². The topological polar surface area (TPSA) is 9.23 Å². The maximum atomic E-state index is 12.2. The summed E-state index contributed by atoms with van der Waals surface area (Å²) in [7, 11) is 0. The van der Waals surface area contributed by atoms with Crippen LogP contribution in [0.15, 0.2) is 54.8 Å². The summed E-state index contributed by atoms with van der Waals surface area (Å²) in [5.41, 5.74) is 3.17. The Kier molecular flexibility index (Phi) is 10.7. The number of hydrogen-bond donors (Lipinski definition) is 0. The van der Waals surface area contributed by atoms with Crippen molar-refractivity contribution in [3.05, 3.63) is 66.0 Å². The summed E-state index contributed by atoms with van der Waals surface area (Å²) in [6, 6.07) is 8.39. The average Bonchev–Trinajstić information content (AvgIpc) is 2.63. The molecule has 1 aliphatic carbocycles. The van der Waals surface area contributed by atoms with E-state index in [0.717, 1.165) is 11.1 Å². The molecule has 1 saturated carbocycles. The van der Waals surface area contributed by atoms with Gasteiger partial charge < -0.3 is 4.74 Å². The molecule has 0 aromatic heterocycles. The first kappa shape index (κ1) is 24.1. The van der Waals surface area contributed by atoms with E-state index in [9.17, 15) is 13.2 Å². The van der Waals surface area contributed by atoms with Crippen LogP contribution in [0, 0.1) is 0 Å². The molecule has 4 heteroatoms. The first-order valence-electron chi connectivity index (χ1n) is 10.3. The predicted octanol–water partition coefficient (Wildman–Crippen LogP) is 8.55. The van der Waals surface area contributed by atoms with Crippen LogP contribution in [0.2, 0.25) is 0 Å². The molecular weight excluding hydrogens is 361 g/mol. The molecule has 0 aliphatic heterocycles. The van der Waals surface area contributed by atoms with Gasteiger partial charge >= 0.3 is 6.36 Å². The number of allylic oxidation sites excluding steroid dienone is 4. The summed E-state index contributed by atoms with van der Waals surface area (Å²) in [5, 5.41) is 0. The highest BCUT2D eigenvalue weighted by Gasteiger charge is 2.30. The molecule has 1 aliphatic rings. The molecule has 0 amide bonds. The Morgan fingerprint density at radius 2 is 1.50 bits per heavy atom. The standard InChI is InChI=1S/C22H27F3O.C2H6/c1-3-18(12-11-17(2)26-22(23,24)25)20-13-15-21(16-14-20)19-9-7-5-4-6-8-10-19;1-2/h3,11-16,19H,2,4-10H2,1H3;1-2H3/b12-11-,18-3+;. The van der Waals surface area contributed by atoms with Crippen molar-refractivity contribution in [1.82, 2.24) is 0 Å². The molecule has 156 valence electrons. The van der Waals surface area contributed by atoms with Crippen LogP contribution >= 0.6 is 0 Å². The summed E-state index contributed by atoms with van der Waals surface area (Å²) in [5.74, 6) is 0.192. The van der Waals surface area contributed by atoms with E-state index in [0.29, 0.717) is 5.92 Å². The monoisotopic (exact) mass is 394 g/mol. The molecule has 0 saturated heterocycles. The summed E-state index contributed by atoms with van der Waals surface area (Å²) in [6.45, 7) is 9.13. The smallest absolute Gasteiger partial charge is 0.406 e. The Hall–Kier alpha value is -1.97. The van der Waals surface area contributed by atoms with Crippen molar-refractivity contribution in [2.24, 2.45) is 0 Å². The van der Waals surface area contributed by atoms with Crippen LogP contribution in [0.1, 0.15) is 82.8 Å². The average molecular weight is 395 g/mol. The second-order valence-corrected chi connectivity index (χ2v) is 6.76. The summed E-state index contributed by atoms with van der Waals surface area (Å²) in [6.07, 6.45) is 9.05. The van der Waals surface area contributed by atoms with Crippen LogP contribution in [0.3, 0.4) is 0 Å². The van der Waals surface area contributed by atoms with Gasteiger partial charge in [0, 0.05) is 0 Å². The lowest BCUT2D eigenvalue weighted by Gasteiger charge is -2.20. The fourth-order valence-corrected chi connectivity index (χ4v) is 3.46. The number of alkyl halides is 3. The number of rotatable bonds is 5. The molecule has 2 rings (SSSR count). The zero-order chi connectivity index (χ0) is 21.0. The van der Waals surface area contributed by atoms with Crippen LogP contribution in [0.4, 0.5) is 13.2 Å². The van der Waals surface area contributed by atoms with E-state index in [1.807, 2.05) is 39.0 Å². The van der Waals surface area contributed by atoms with Gasteiger partial charge in [-0.05, 0) is 48.5 Å². The second kappa shape index (κ2) is 12.5. The van der Waals surface area contributed by atoms with Crippen molar-refractivity contribution >= 4 is 5.57 Å². The maximum absolute atomic E-state index is 12.2. The largest absolute Gasteiger partial charge is 0.573 e. The minimum absolute atomic E-state index is 0.428. The summed E-state index contributed by atoms with van der Waals surface area (Å²) >= 11 is 0. The van der Waals surface area contributed by atoms with Gasteiger partial charge in [-0.15, -0.1) is 13.2 Å². The van der Waals surface area contributed by atoms with E-state index >= 15 is 0 Å². The zero-order valence-corrected chi connectivity index (χ0v) is 17.3. The van der Waals surface area contributed by atoms with E-state index in [-0.39, 0.29) is 0 Å². The van der Waals surface area contributed by atoms with Crippen molar-refractivity contribution in [3.8, 4) is 0 Å². The van der Waals surface area contributed by atoms with Crippen molar-refractivity contribution in [3.63, 3.8) is 0 Å². The number of hydrogen-bond acceptors (Lipinski definition) is 1. The van der Waals surface area contributed by atoms with Crippen LogP contribution < -0.4 is 0 Å². The number of benzene rings is 1. The van der Waals surface area contributed by atoms with E-state index in [1.54, 1.807) is 6.08 Å². The van der Waals surface area contributed by atoms with Gasteiger partial charge in [0.1, 0.15) is 5.76 Å². The minimum Gasteiger partial charge on any atom is -0.406 e. The van der Waals surface area contributed by atoms with Gasteiger partial charge in [-0.3, -0.25) is 0 Å². The van der Waals surface area contributed by atoms with Gasteiger partial charge in [0.25, 0.3) is 0 Å². The third kappa shape index (κ3) is 8.81. The zero-order valence-electron chi connectivity index (χ0n) is 17.3. The van der Waals surface area contributed by atoms with Gasteiger partial charge in [-0.25, -0.2) is 0 Å². The molecule has 0 atom stereocenters. The molecule has 1 nitrogen and oxygen atoms in total. The van der Waals surface area contributed by atoms with Crippen LogP contribution in [0.5, 0.6) is 0 Å². The summed E-state index contributed by atoms with van der Waals surface area (Å²) in [4.78, 5) is 0. The van der Waals surface area contributed by atoms with E-state index in [2.05, 4.69) is 23.4 Å². The molecule has 1 aromatic carbocycles. The van der Waals surface area contributed by atoms with E-state index < -0.39 is 12.1 Å². The molecule has 0 heterocycles. The molecule has 0 bridgehead atoms. The lowest BCUT2D eigenvalue weighted by molar-refractivity contribution is -0.303. The molecular formula is C24H33F3O. The SMILES string of the molecule is C=C(/C=C\C(=C/C)c1ccc(C2CCCCCCC2)cc1)OC(F)(F)F.CC. The molecule has 28 heavy (non-hydrogen) atoms. The fourth-order valence-electron chi connectivity index (χ4n) is 3.46. The summed E-state index contributed by atoms with van der Waals surface area (Å²) < 4.78 is 40.3. The third-order valence-electron chi connectivity index (χ3n) is 4.83. The Balaban J connectivity index is 0.00000190. The normalized spacial score (nSPS) is 16.7.